The molecule has 0 N–H and O–H groups in total. The van der Waals surface area contributed by atoms with E-state index in [0.29, 0.717) is 6.54 Å². The predicted octanol–water partition coefficient (Wildman–Crippen LogP) is 2.35. The third-order valence-corrected chi connectivity index (χ3v) is 2.55. The van der Waals surface area contributed by atoms with Gasteiger partial charge in [-0.2, -0.15) is 0 Å². The van der Waals surface area contributed by atoms with Crippen molar-refractivity contribution >= 4 is 22.5 Å². The van der Waals surface area contributed by atoms with Crippen molar-refractivity contribution in [2.24, 2.45) is 0 Å². The number of rotatable bonds is 1. The van der Waals surface area contributed by atoms with Crippen LogP contribution < -0.4 is 5.56 Å². The Bertz CT molecular complexity index is 624. The molecule has 0 atom stereocenters. The predicted molar refractivity (Wildman–Crippen MR) is 56.6 cm³/mol. The molecule has 0 unspecified atom stereocenters. The molecule has 1 aromatic carbocycles. The molecule has 0 radical (unpaired) electrons. The molecule has 84 valence electrons. The number of fused-ring (bicyclic) bond motifs is 1. The molecular formula is C10H7ClF2N2O. The van der Waals surface area contributed by atoms with E-state index in [0.717, 1.165) is 12.1 Å². The number of nitrogens with zero attached hydrogens (tertiary/aromatic N) is 2. The molecule has 0 spiro atoms. The fraction of sp³-hybridized carbons (Fsp3) is 0.200. The first-order valence-corrected chi connectivity index (χ1v) is 4.97. The Labute approximate surface area is 94.3 Å². The summed E-state index contributed by atoms with van der Waals surface area (Å²) in [5.74, 6) is -2.12. The Kier molecular flexibility index (Phi) is 2.63. The molecule has 1 aromatic heterocycles. The van der Waals surface area contributed by atoms with Crippen LogP contribution in [0.4, 0.5) is 8.78 Å². The van der Waals surface area contributed by atoms with Gasteiger partial charge in [-0.05, 0) is 24.6 Å². The van der Waals surface area contributed by atoms with Crippen LogP contribution in [0, 0.1) is 11.6 Å². The minimum absolute atomic E-state index is 0.0187. The molecule has 3 nitrogen and oxygen atoms in total. The summed E-state index contributed by atoms with van der Waals surface area (Å²) in [6.07, 6.45) is 0. The average molecular weight is 245 g/mol. The molecule has 0 amide bonds. The van der Waals surface area contributed by atoms with E-state index in [1.807, 2.05) is 0 Å². The van der Waals surface area contributed by atoms with Gasteiger partial charge in [-0.3, -0.25) is 9.36 Å². The molecular weight excluding hydrogens is 238 g/mol. The SMILES string of the molecule is CCn1c(Cl)nc2cc(F)c(F)cc2c1=O. The molecule has 0 saturated heterocycles. The maximum absolute atomic E-state index is 13.0. The highest BCUT2D eigenvalue weighted by Crippen LogP contribution is 2.15. The third-order valence-electron chi connectivity index (χ3n) is 2.27. The zero-order valence-corrected chi connectivity index (χ0v) is 9.05. The number of halogens is 3. The minimum atomic E-state index is -1.07. The lowest BCUT2D eigenvalue weighted by Gasteiger charge is -2.06. The number of hydrogen-bond donors (Lipinski definition) is 0. The number of benzene rings is 1. The van der Waals surface area contributed by atoms with E-state index in [9.17, 15) is 13.6 Å². The largest absolute Gasteiger partial charge is 0.283 e. The van der Waals surface area contributed by atoms with Crippen molar-refractivity contribution < 1.29 is 8.78 Å². The molecule has 0 saturated carbocycles. The number of aromatic nitrogens is 2. The van der Waals surface area contributed by atoms with E-state index in [1.165, 1.54) is 4.57 Å². The molecule has 16 heavy (non-hydrogen) atoms. The maximum Gasteiger partial charge on any atom is 0.262 e. The summed E-state index contributed by atoms with van der Waals surface area (Å²) in [6.45, 7) is 2.03. The topological polar surface area (TPSA) is 34.9 Å². The average Bonchev–Trinajstić information content (AvgIpc) is 2.22. The van der Waals surface area contributed by atoms with Crippen LogP contribution in [0.5, 0.6) is 0 Å². The minimum Gasteiger partial charge on any atom is -0.283 e. The van der Waals surface area contributed by atoms with Crippen LogP contribution in [0.3, 0.4) is 0 Å². The van der Waals surface area contributed by atoms with Crippen LogP contribution in [0.25, 0.3) is 10.9 Å². The summed E-state index contributed by atoms with van der Waals surface area (Å²) in [7, 11) is 0. The fourth-order valence-corrected chi connectivity index (χ4v) is 1.75. The Hall–Kier alpha value is -1.49. The Balaban J connectivity index is 2.94. The molecule has 0 aliphatic heterocycles. The van der Waals surface area contributed by atoms with E-state index < -0.39 is 17.2 Å². The molecule has 0 aliphatic rings. The second-order valence-corrected chi connectivity index (χ2v) is 3.55. The molecule has 0 bridgehead atoms. The van der Waals surface area contributed by atoms with Crippen LogP contribution in [0.15, 0.2) is 16.9 Å². The zero-order chi connectivity index (χ0) is 11.9. The zero-order valence-electron chi connectivity index (χ0n) is 8.30. The van der Waals surface area contributed by atoms with Crippen molar-refractivity contribution in [3.05, 3.63) is 39.4 Å². The lowest BCUT2D eigenvalue weighted by atomic mass is 10.2. The molecule has 0 aliphatic carbocycles. The van der Waals surface area contributed by atoms with E-state index in [2.05, 4.69) is 4.98 Å². The fourth-order valence-electron chi connectivity index (χ4n) is 1.46. The summed E-state index contributed by atoms with van der Waals surface area (Å²) in [4.78, 5) is 15.6. The second-order valence-electron chi connectivity index (χ2n) is 3.21. The number of hydrogen-bond acceptors (Lipinski definition) is 2. The van der Waals surface area contributed by atoms with Crippen molar-refractivity contribution in [1.82, 2.24) is 9.55 Å². The van der Waals surface area contributed by atoms with Gasteiger partial charge >= 0.3 is 0 Å². The standard InChI is InChI=1S/C10H7ClF2N2O/c1-2-15-9(16)5-3-6(12)7(13)4-8(5)14-10(15)11/h3-4H,2H2,1H3. The summed E-state index contributed by atoms with van der Waals surface area (Å²) in [5, 5.41) is -0.0174. The highest BCUT2D eigenvalue weighted by Gasteiger charge is 2.11. The second kappa shape index (κ2) is 3.83. The quantitative estimate of drug-likeness (QED) is 0.722. The Morgan fingerprint density at radius 2 is 2.00 bits per heavy atom. The summed E-state index contributed by atoms with van der Waals surface area (Å²) < 4.78 is 27.1. The van der Waals surface area contributed by atoms with Gasteiger partial charge in [-0.15, -0.1) is 0 Å². The molecule has 0 fully saturated rings. The molecule has 6 heteroatoms. The molecule has 2 aromatic rings. The van der Waals surface area contributed by atoms with Crippen molar-refractivity contribution in [2.75, 3.05) is 0 Å². The van der Waals surface area contributed by atoms with E-state index >= 15 is 0 Å². The van der Waals surface area contributed by atoms with Gasteiger partial charge in [0.15, 0.2) is 11.6 Å². The third kappa shape index (κ3) is 1.57. The summed E-state index contributed by atoms with van der Waals surface area (Å²) >= 11 is 5.74. The van der Waals surface area contributed by atoms with Gasteiger partial charge in [0.1, 0.15) is 0 Å². The van der Waals surface area contributed by atoms with Crippen LogP contribution in [0.2, 0.25) is 5.28 Å². The van der Waals surface area contributed by atoms with E-state index in [1.54, 1.807) is 6.92 Å². The Morgan fingerprint density at radius 3 is 2.62 bits per heavy atom. The van der Waals surface area contributed by atoms with Gasteiger partial charge in [0.25, 0.3) is 5.56 Å². The van der Waals surface area contributed by atoms with Crippen LogP contribution >= 0.6 is 11.6 Å². The van der Waals surface area contributed by atoms with Gasteiger partial charge in [-0.25, -0.2) is 13.8 Å². The first-order chi connectivity index (χ1) is 7.54. The van der Waals surface area contributed by atoms with Gasteiger partial charge in [-0.1, -0.05) is 0 Å². The smallest absolute Gasteiger partial charge is 0.262 e. The monoisotopic (exact) mass is 244 g/mol. The summed E-state index contributed by atoms with van der Waals surface area (Å²) in [5.41, 5.74) is -0.421. The van der Waals surface area contributed by atoms with E-state index in [4.69, 9.17) is 11.6 Å². The van der Waals surface area contributed by atoms with E-state index in [-0.39, 0.29) is 16.2 Å². The van der Waals surface area contributed by atoms with Crippen LogP contribution in [-0.2, 0) is 6.54 Å². The highest BCUT2D eigenvalue weighted by atomic mass is 35.5. The lowest BCUT2D eigenvalue weighted by molar-refractivity contribution is 0.510. The van der Waals surface area contributed by atoms with Gasteiger partial charge in [0.05, 0.1) is 10.9 Å². The van der Waals surface area contributed by atoms with Crippen molar-refractivity contribution in [1.29, 1.82) is 0 Å². The highest BCUT2D eigenvalue weighted by molar-refractivity contribution is 6.28. The molecule has 2 rings (SSSR count). The van der Waals surface area contributed by atoms with Gasteiger partial charge in [0, 0.05) is 12.6 Å². The summed E-state index contributed by atoms with van der Waals surface area (Å²) in [6, 6.07) is 1.69. The van der Waals surface area contributed by atoms with Crippen molar-refractivity contribution in [3.8, 4) is 0 Å². The first kappa shape index (κ1) is 11.0. The van der Waals surface area contributed by atoms with Crippen LogP contribution in [0.1, 0.15) is 6.92 Å². The van der Waals surface area contributed by atoms with Crippen molar-refractivity contribution in [2.45, 2.75) is 13.5 Å². The van der Waals surface area contributed by atoms with Gasteiger partial charge in [0.2, 0.25) is 5.28 Å². The Morgan fingerprint density at radius 1 is 1.38 bits per heavy atom. The van der Waals surface area contributed by atoms with Gasteiger partial charge < -0.3 is 0 Å². The normalized spacial score (nSPS) is 11.0. The van der Waals surface area contributed by atoms with Crippen LogP contribution in [-0.4, -0.2) is 9.55 Å². The first-order valence-electron chi connectivity index (χ1n) is 4.59. The maximum atomic E-state index is 13.0. The molecule has 1 heterocycles. The van der Waals surface area contributed by atoms with Crippen molar-refractivity contribution in [3.63, 3.8) is 0 Å². The lowest BCUT2D eigenvalue weighted by Crippen LogP contribution is -2.21.